The lowest BCUT2D eigenvalue weighted by Gasteiger charge is -2.38. The van der Waals surface area contributed by atoms with Crippen LogP contribution in [0, 0.1) is 0 Å². The van der Waals surface area contributed by atoms with Crippen molar-refractivity contribution in [2.75, 3.05) is 19.7 Å². The topological polar surface area (TPSA) is 75.3 Å². The van der Waals surface area contributed by atoms with Gasteiger partial charge in [-0.25, -0.2) is 4.98 Å². The molecule has 2 aliphatic rings. The summed E-state index contributed by atoms with van der Waals surface area (Å²) in [5.41, 5.74) is 1.72. The Kier molecular flexibility index (Phi) is 4.29. The van der Waals surface area contributed by atoms with Gasteiger partial charge < -0.3 is 14.6 Å². The number of benzene rings is 1. The highest BCUT2D eigenvalue weighted by Crippen LogP contribution is 2.35. The Morgan fingerprint density at radius 1 is 1.24 bits per heavy atom. The second-order valence-electron chi connectivity index (χ2n) is 7.05. The molecule has 0 atom stereocenters. The van der Waals surface area contributed by atoms with Crippen LogP contribution in [0.3, 0.4) is 0 Å². The van der Waals surface area contributed by atoms with Crippen molar-refractivity contribution < 1.29 is 9.53 Å². The van der Waals surface area contributed by atoms with Crippen LogP contribution in [0.4, 0.5) is 0 Å². The fourth-order valence-electron chi connectivity index (χ4n) is 3.93. The number of fused-ring (bicyclic) bond motifs is 1. The van der Waals surface area contributed by atoms with E-state index in [1.807, 2.05) is 29.2 Å². The smallest absolute Gasteiger partial charge is 0.270 e. The summed E-state index contributed by atoms with van der Waals surface area (Å²) in [7, 11) is 0. The summed E-state index contributed by atoms with van der Waals surface area (Å²) in [6, 6.07) is 7.44. The normalized spacial score (nSPS) is 19.6. The molecule has 0 aliphatic carbocycles. The Morgan fingerprint density at radius 3 is 2.80 bits per heavy atom. The number of amides is 1. The Labute approximate surface area is 146 Å². The summed E-state index contributed by atoms with van der Waals surface area (Å²) in [5, 5.41) is 0. The highest BCUT2D eigenvalue weighted by Gasteiger charge is 2.39. The van der Waals surface area contributed by atoms with Gasteiger partial charge in [-0.2, -0.15) is 0 Å². The van der Waals surface area contributed by atoms with E-state index in [-0.39, 0.29) is 17.1 Å². The van der Waals surface area contributed by atoms with Gasteiger partial charge in [0.25, 0.3) is 5.56 Å². The molecule has 1 aromatic heterocycles. The van der Waals surface area contributed by atoms with Gasteiger partial charge in [-0.1, -0.05) is 12.1 Å². The third kappa shape index (κ3) is 3.31. The molecule has 0 unspecified atom stereocenters. The van der Waals surface area contributed by atoms with Crippen LogP contribution in [0.15, 0.2) is 29.1 Å². The number of piperidine rings is 1. The van der Waals surface area contributed by atoms with E-state index in [1.165, 1.54) is 0 Å². The van der Waals surface area contributed by atoms with Gasteiger partial charge in [-0.15, -0.1) is 0 Å². The molecule has 1 aromatic carbocycles. The molecule has 0 bridgehead atoms. The number of H-pyrrole nitrogens is 1. The lowest BCUT2D eigenvalue weighted by atomic mass is 9.88. The Balaban J connectivity index is 1.37. The molecule has 2 aliphatic heterocycles. The summed E-state index contributed by atoms with van der Waals surface area (Å²) < 4.78 is 5.90. The van der Waals surface area contributed by atoms with Crippen molar-refractivity contribution in [2.45, 2.75) is 44.1 Å². The van der Waals surface area contributed by atoms with Crippen LogP contribution in [0.1, 0.15) is 37.8 Å². The molecule has 1 amide bonds. The standard InChI is InChI=1S/C19H23N3O3/c23-17(22-11-9-19(10-12-22)8-3-13-25-19)7-6-16-18(24)21-15-5-2-1-4-14(15)20-16/h1-2,4-5H,3,6-13H2,(H,21,24). The maximum absolute atomic E-state index is 12.5. The average Bonchev–Trinajstić information content (AvgIpc) is 3.08. The highest BCUT2D eigenvalue weighted by atomic mass is 16.5. The van der Waals surface area contributed by atoms with Crippen molar-refractivity contribution in [3.63, 3.8) is 0 Å². The lowest BCUT2D eigenvalue weighted by Crippen LogP contribution is -2.46. The van der Waals surface area contributed by atoms with Crippen LogP contribution in [0.25, 0.3) is 11.0 Å². The van der Waals surface area contributed by atoms with Gasteiger partial charge >= 0.3 is 0 Å². The molecule has 6 nitrogen and oxygen atoms in total. The van der Waals surface area contributed by atoms with Gasteiger partial charge in [-0.05, 0) is 37.8 Å². The fourth-order valence-corrected chi connectivity index (χ4v) is 3.93. The predicted octanol–water partition coefficient (Wildman–Crippen LogP) is 2.03. The van der Waals surface area contributed by atoms with E-state index in [0.29, 0.717) is 18.5 Å². The summed E-state index contributed by atoms with van der Waals surface area (Å²) in [6.07, 6.45) is 4.79. The van der Waals surface area contributed by atoms with Crippen LogP contribution >= 0.6 is 0 Å². The van der Waals surface area contributed by atoms with E-state index in [2.05, 4.69) is 9.97 Å². The zero-order chi connectivity index (χ0) is 17.3. The number of hydrogen-bond donors (Lipinski definition) is 1. The summed E-state index contributed by atoms with van der Waals surface area (Å²) >= 11 is 0. The number of para-hydroxylation sites is 2. The van der Waals surface area contributed by atoms with Crippen LogP contribution in [0.5, 0.6) is 0 Å². The first-order valence-electron chi connectivity index (χ1n) is 9.05. The molecular formula is C19H23N3O3. The molecule has 2 aromatic rings. The minimum absolute atomic E-state index is 0.0217. The van der Waals surface area contributed by atoms with Crippen LogP contribution in [-0.4, -0.2) is 46.1 Å². The monoisotopic (exact) mass is 341 g/mol. The van der Waals surface area contributed by atoms with Gasteiger partial charge in [0, 0.05) is 32.5 Å². The van der Waals surface area contributed by atoms with Crippen molar-refractivity contribution in [2.24, 2.45) is 0 Å². The molecular weight excluding hydrogens is 318 g/mol. The summed E-state index contributed by atoms with van der Waals surface area (Å²) in [6.45, 7) is 2.35. The number of carbonyl (C=O) groups excluding carboxylic acids is 1. The fraction of sp³-hybridized carbons (Fsp3) is 0.526. The Morgan fingerprint density at radius 2 is 2.04 bits per heavy atom. The first kappa shape index (κ1) is 16.3. The molecule has 2 saturated heterocycles. The number of aromatic nitrogens is 2. The second-order valence-corrected chi connectivity index (χ2v) is 7.05. The molecule has 1 N–H and O–H groups in total. The third-order valence-electron chi connectivity index (χ3n) is 5.46. The van der Waals surface area contributed by atoms with Gasteiger partial charge in [0.15, 0.2) is 0 Å². The predicted molar refractivity (Wildman–Crippen MR) is 94.4 cm³/mol. The van der Waals surface area contributed by atoms with E-state index in [9.17, 15) is 9.59 Å². The van der Waals surface area contributed by atoms with Crippen molar-refractivity contribution in [3.8, 4) is 0 Å². The molecule has 4 rings (SSSR count). The molecule has 6 heteroatoms. The summed E-state index contributed by atoms with van der Waals surface area (Å²) in [5.74, 6) is 0.0993. The van der Waals surface area contributed by atoms with E-state index in [1.54, 1.807) is 0 Å². The van der Waals surface area contributed by atoms with Crippen molar-refractivity contribution in [3.05, 3.63) is 40.3 Å². The highest BCUT2D eigenvalue weighted by molar-refractivity contribution is 5.77. The number of carbonyl (C=O) groups is 1. The first-order chi connectivity index (χ1) is 12.2. The third-order valence-corrected chi connectivity index (χ3v) is 5.46. The molecule has 1 spiro atoms. The summed E-state index contributed by atoms with van der Waals surface area (Å²) in [4.78, 5) is 33.8. The van der Waals surface area contributed by atoms with Crippen molar-refractivity contribution in [1.82, 2.24) is 14.9 Å². The molecule has 132 valence electrons. The Bertz CT molecular complexity index is 829. The minimum atomic E-state index is -0.205. The molecule has 25 heavy (non-hydrogen) atoms. The van der Waals surface area contributed by atoms with Crippen LogP contribution < -0.4 is 5.56 Å². The molecule has 3 heterocycles. The van der Waals surface area contributed by atoms with E-state index < -0.39 is 0 Å². The van der Waals surface area contributed by atoms with Gasteiger partial charge in [0.05, 0.1) is 16.6 Å². The van der Waals surface area contributed by atoms with Gasteiger partial charge in [-0.3, -0.25) is 9.59 Å². The minimum Gasteiger partial charge on any atom is -0.375 e. The Hall–Kier alpha value is -2.21. The van der Waals surface area contributed by atoms with Crippen molar-refractivity contribution in [1.29, 1.82) is 0 Å². The zero-order valence-electron chi connectivity index (χ0n) is 14.3. The van der Waals surface area contributed by atoms with E-state index in [4.69, 9.17) is 4.74 Å². The zero-order valence-corrected chi connectivity index (χ0v) is 14.3. The van der Waals surface area contributed by atoms with Crippen LogP contribution in [0.2, 0.25) is 0 Å². The van der Waals surface area contributed by atoms with Gasteiger partial charge in [0.1, 0.15) is 5.69 Å². The first-order valence-corrected chi connectivity index (χ1v) is 9.05. The van der Waals surface area contributed by atoms with Crippen LogP contribution in [-0.2, 0) is 16.0 Å². The maximum atomic E-state index is 12.5. The molecule has 0 saturated carbocycles. The maximum Gasteiger partial charge on any atom is 0.270 e. The molecule has 0 radical (unpaired) electrons. The quantitative estimate of drug-likeness (QED) is 0.927. The number of likely N-dealkylation sites (tertiary alicyclic amines) is 1. The SMILES string of the molecule is O=C(CCc1nc2ccccc2[nH]c1=O)N1CCC2(CCCO2)CC1. The van der Waals surface area contributed by atoms with Gasteiger partial charge in [0.2, 0.25) is 5.91 Å². The number of ether oxygens (including phenoxy) is 1. The van der Waals surface area contributed by atoms with E-state index >= 15 is 0 Å². The average molecular weight is 341 g/mol. The molecule has 2 fully saturated rings. The largest absolute Gasteiger partial charge is 0.375 e. The van der Waals surface area contributed by atoms with E-state index in [0.717, 1.165) is 56.4 Å². The number of aryl methyl sites for hydroxylation is 1. The van der Waals surface area contributed by atoms with Crippen molar-refractivity contribution >= 4 is 16.9 Å². The lowest BCUT2D eigenvalue weighted by molar-refractivity contribution is -0.136. The number of hydrogen-bond acceptors (Lipinski definition) is 4. The second kappa shape index (κ2) is 6.59. The number of rotatable bonds is 3. The number of aromatic amines is 1. The number of nitrogens with zero attached hydrogens (tertiary/aromatic N) is 2. The number of nitrogens with one attached hydrogen (secondary N) is 1.